The molecule has 1 heterocycles. The molecule has 0 spiro atoms. The molecule has 0 radical (unpaired) electrons. The van der Waals surface area contributed by atoms with Gasteiger partial charge in [-0.15, -0.1) is 0 Å². The van der Waals surface area contributed by atoms with Gasteiger partial charge in [0.25, 0.3) is 0 Å². The van der Waals surface area contributed by atoms with Gasteiger partial charge in [-0.2, -0.15) is 0 Å². The zero-order chi connectivity index (χ0) is 11.8. The summed E-state index contributed by atoms with van der Waals surface area (Å²) in [4.78, 5) is 13.7. The van der Waals surface area contributed by atoms with Gasteiger partial charge in [0.15, 0.2) is 0 Å². The van der Waals surface area contributed by atoms with Crippen LogP contribution in [-0.2, 0) is 9.53 Å². The van der Waals surface area contributed by atoms with Gasteiger partial charge in [-0.3, -0.25) is 0 Å². The third-order valence-corrected chi connectivity index (χ3v) is 2.77. The largest absolute Gasteiger partial charge is 0.472 e. The summed E-state index contributed by atoms with van der Waals surface area (Å²) in [5, 5.41) is 0. The van der Waals surface area contributed by atoms with Gasteiger partial charge in [0, 0.05) is 7.05 Å². The SMILES string of the molecule is COC(=O)C1(C)CN(C)c2ccccc2O1. The summed E-state index contributed by atoms with van der Waals surface area (Å²) in [5.41, 5.74) is 0.0570. The monoisotopic (exact) mass is 221 g/mol. The Kier molecular flexibility index (Phi) is 2.50. The number of esters is 1. The molecule has 0 bridgehead atoms. The molecule has 0 saturated heterocycles. The number of nitrogens with zero attached hydrogens (tertiary/aromatic N) is 1. The van der Waals surface area contributed by atoms with Crippen molar-refractivity contribution >= 4 is 11.7 Å². The third-order valence-electron chi connectivity index (χ3n) is 2.77. The first-order valence-electron chi connectivity index (χ1n) is 5.14. The van der Waals surface area contributed by atoms with E-state index in [-0.39, 0.29) is 5.97 Å². The van der Waals surface area contributed by atoms with Crippen molar-refractivity contribution in [3.63, 3.8) is 0 Å². The van der Waals surface area contributed by atoms with E-state index in [9.17, 15) is 4.79 Å². The summed E-state index contributed by atoms with van der Waals surface area (Å²) in [6.07, 6.45) is 0. The van der Waals surface area contributed by atoms with E-state index in [0.717, 1.165) is 5.69 Å². The van der Waals surface area contributed by atoms with Crippen molar-refractivity contribution in [3.8, 4) is 5.75 Å². The van der Waals surface area contributed by atoms with Crippen LogP contribution in [0.5, 0.6) is 5.75 Å². The lowest BCUT2D eigenvalue weighted by molar-refractivity contribution is -0.157. The molecule has 4 heteroatoms. The van der Waals surface area contributed by atoms with Crippen LogP contribution in [0.25, 0.3) is 0 Å². The standard InChI is InChI=1S/C12H15NO3/c1-12(11(14)15-3)8-13(2)9-6-4-5-7-10(9)16-12/h4-7H,8H2,1-3H3. The van der Waals surface area contributed by atoms with Crippen LogP contribution in [0.2, 0.25) is 0 Å². The summed E-state index contributed by atoms with van der Waals surface area (Å²) < 4.78 is 10.5. The summed E-state index contributed by atoms with van der Waals surface area (Å²) in [7, 11) is 3.31. The minimum atomic E-state index is -0.933. The second kappa shape index (κ2) is 3.70. The highest BCUT2D eigenvalue weighted by molar-refractivity contribution is 5.82. The second-order valence-corrected chi connectivity index (χ2v) is 4.15. The number of hydrogen-bond donors (Lipinski definition) is 0. The van der Waals surface area contributed by atoms with Crippen molar-refractivity contribution in [3.05, 3.63) is 24.3 Å². The van der Waals surface area contributed by atoms with Gasteiger partial charge in [-0.05, 0) is 19.1 Å². The number of para-hydroxylation sites is 2. The fraction of sp³-hybridized carbons (Fsp3) is 0.417. The van der Waals surface area contributed by atoms with Crippen LogP contribution in [0.1, 0.15) is 6.92 Å². The summed E-state index contributed by atoms with van der Waals surface area (Å²) in [5.74, 6) is 0.359. The summed E-state index contributed by atoms with van der Waals surface area (Å²) in [6.45, 7) is 2.22. The van der Waals surface area contributed by atoms with Crippen molar-refractivity contribution < 1.29 is 14.3 Å². The van der Waals surface area contributed by atoms with Gasteiger partial charge in [0.05, 0.1) is 19.3 Å². The Morgan fingerprint density at radius 3 is 2.88 bits per heavy atom. The number of hydrogen-bond acceptors (Lipinski definition) is 4. The number of fused-ring (bicyclic) bond motifs is 1. The molecule has 1 unspecified atom stereocenters. The minimum Gasteiger partial charge on any atom is -0.472 e. The first-order chi connectivity index (χ1) is 7.57. The molecule has 0 aromatic heterocycles. The highest BCUT2D eigenvalue weighted by Gasteiger charge is 2.42. The topological polar surface area (TPSA) is 38.8 Å². The first kappa shape index (κ1) is 10.8. The molecule has 0 saturated carbocycles. The van der Waals surface area contributed by atoms with E-state index in [1.165, 1.54) is 7.11 Å². The van der Waals surface area contributed by atoms with Crippen LogP contribution in [0, 0.1) is 0 Å². The third kappa shape index (κ3) is 1.60. The van der Waals surface area contributed by atoms with E-state index in [1.807, 2.05) is 36.2 Å². The Hall–Kier alpha value is -1.71. The van der Waals surface area contributed by atoms with Gasteiger partial charge in [0.2, 0.25) is 5.60 Å². The van der Waals surface area contributed by atoms with Gasteiger partial charge in [0.1, 0.15) is 5.75 Å². The number of rotatable bonds is 1. The van der Waals surface area contributed by atoms with E-state index in [4.69, 9.17) is 9.47 Å². The Morgan fingerprint density at radius 2 is 2.19 bits per heavy atom. The zero-order valence-corrected chi connectivity index (χ0v) is 9.69. The molecule has 0 amide bonds. The molecule has 2 rings (SSSR count). The Morgan fingerprint density at radius 1 is 1.50 bits per heavy atom. The molecule has 1 aromatic carbocycles. The number of ether oxygens (including phenoxy) is 2. The Labute approximate surface area is 94.8 Å². The van der Waals surface area contributed by atoms with Crippen molar-refractivity contribution in [1.29, 1.82) is 0 Å². The lowest BCUT2D eigenvalue weighted by atomic mass is 10.0. The van der Waals surface area contributed by atoms with Crippen LogP contribution >= 0.6 is 0 Å². The van der Waals surface area contributed by atoms with E-state index < -0.39 is 5.60 Å². The van der Waals surface area contributed by atoms with Gasteiger partial charge >= 0.3 is 5.97 Å². The molecule has 16 heavy (non-hydrogen) atoms. The maximum Gasteiger partial charge on any atom is 0.351 e. The quantitative estimate of drug-likeness (QED) is 0.673. The van der Waals surface area contributed by atoms with E-state index in [2.05, 4.69) is 0 Å². The lowest BCUT2D eigenvalue weighted by Crippen LogP contribution is -2.53. The summed E-state index contributed by atoms with van der Waals surface area (Å²) in [6, 6.07) is 7.65. The highest BCUT2D eigenvalue weighted by Crippen LogP contribution is 2.36. The van der Waals surface area contributed by atoms with Crippen molar-refractivity contribution in [1.82, 2.24) is 0 Å². The molecule has 1 aliphatic heterocycles. The summed E-state index contributed by atoms with van der Waals surface area (Å²) >= 11 is 0. The number of methoxy groups -OCH3 is 1. The highest BCUT2D eigenvalue weighted by atomic mass is 16.6. The maximum absolute atomic E-state index is 11.7. The molecule has 86 valence electrons. The number of anilines is 1. The van der Waals surface area contributed by atoms with Crippen molar-refractivity contribution in [2.45, 2.75) is 12.5 Å². The molecule has 1 aromatic rings. The minimum absolute atomic E-state index is 0.353. The molecule has 4 nitrogen and oxygen atoms in total. The Balaban J connectivity index is 2.37. The van der Waals surface area contributed by atoms with Crippen molar-refractivity contribution in [2.24, 2.45) is 0 Å². The molecular weight excluding hydrogens is 206 g/mol. The fourth-order valence-electron chi connectivity index (χ4n) is 1.99. The molecule has 0 N–H and O–H groups in total. The fourth-order valence-corrected chi connectivity index (χ4v) is 1.99. The first-order valence-corrected chi connectivity index (χ1v) is 5.14. The van der Waals surface area contributed by atoms with Crippen LogP contribution in [-0.4, -0.2) is 32.3 Å². The number of carbonyl (C=O) groups is 1. The smallest absolute Gasteiger partial charge is 0.351 e. The number of carbonyl (C=O) groups excluding carboxylic acids is 1. The predicted octanol–water partition coefficient (Wildman–Crippen LogP) is 1.45. The second-order valence-electron chi connectivity index (χ2n) is 4.15. The van der Waals surface area contributed by atoms with E-state index in [1.54, 1.807) is 6.92 Å². The molecular formula is C12H15NO3. The average molecular weight is 221 g/mol. The predicted molar refractivity (Wildman–Crippen MR) is 60.8 cm³/mol. The van der Waals surface area contributed by atoms with Crippen LogP contribution in [0.3, 0.4) is 0 Å². The molecule has 0 aliphatic carbocycles. The Bertz CT molecular complexity index is 418. The van der Waals surface area contributed by atoms with Gasteiger partial charge < -0.3 is 14.4 Å². The molecule has 0 fully saturated rings. The normalized spacial score (nSPS) is 23.3. The van der Waals surface area contributed by atoms with Crippen LogP contribution in [0.15, 0.2) is 24.3 Å². The van der Waals surface area contributed by atoms with E-state index >= 15 is 0 Å². The van der Waals surface area contributed by atoms with Gasteiger partial charge in [-0.25, -0.2) is 4.79 Å². The van der Waals surface area contributed by atoms with Gasteiger partial charge in [-0.1, -0.05) is 12.1 Å². The van der Waals surface area contributed by atoms with Crippen LogP contribution in [0.4, 0.5) is 5.69 Å². The van der Waals surface area contributed by atoms with Crippen molar-refractivity contribution in [2.75, 3.05) is 25.6 Å². The zero-order valence-electron chi connectivity index (χ0n) is 9.69. The van der Waals surface area contributed by atoms with E-state index in [0.29, 0.717) is 12.3 Å². The molecule has 1 atom stereocenters. The van der Waals surface area contributed by atoms with Crippen LogP contribution < -0.4 is 9.64 Å². The molecule has 1 aliphatic rings. The number of benzene rings is 1. The maximum atomic E-state index is 11.7. The average Bonchev–Trinajstić information content (AvgIpc) is 2.27. The lowest BCUT2D eigenvalue weighted by Gasteiger charge is -2.38. The number of likely N-dealkylation sites (N-methyl/N-ethyl adjacent to an activating group) is 1.